The van der Waals surface area contributed by atoms with Crippen LogP contribution >= 0.6 is 23.1 Å². The molecule has 0 saturated carbocycles. The van der Waals surface area contributed by atoms with E-state index >= 15 is 0 Å². The maximum absolute atomic E-state index is 14.1. The number of anilines is 1. The van der Waals surface area contributed by atoms with Gasteiger partial charge in [0.15, 0.2) is 10.9 Å². The van der Waals surface area contributed by atoms with Gasteiger partial charge in [-0.15, -0.1) is 11.8 Å². The predicted octanol–water partition coefficient (Wildman–Crippen LogP) is 6.08. The van der Waals surface area contributed by atoms with Crippen LogP contribution in [0.2, 0.25) is 0 Å². The molecule has 0 radical (unpaired) electrons. The summed E-state index contributed by atoms with van der Waals surface area (Å²) < 4.78 is 28.1. The molecule has 1 amide bonds. The minimum Gasteiger partial charge on any atom is -0.282 e. The molecule has 0 aliphatic carbocycles. The van der Waals surface area contributed by atoms with Crippen LogP contribution in [0, 0.1) is 11.6 Å². The van der Waals surface area contributed by atoms with E-state index in [4.69, 9.17) is 0 Å². The fourth-order valence-corrected chi connectivity index (χ4v) is 4.94. The van der Waals surface area contributed by atoms with Gasteiger partial charge in [0, 0.05) is 23.6 Å². The standard InChI is InChI=1S/C23H19F2N3OS2/c24-16-13-19(25)22-20(14-16)31-23(27-22)28(15-17-7-4-5-11-26-17)21(29)10-6-12-30-18-8-2-1-3-9-18/h1-5,7-9,11,13-14H,6,10,12,15H2. The molecule has 4 rings (SSSR count). The molecule has 8 heteroatoms. The van der Waals surface area contributed by atoms with Crippen molar-refractivity contribution in [2.24, 2.45) is 0 Å². The maximum Gasteiger partial charge on any atom is 0.229 e. The molecular weight excluding hydrogens is 436 g/mol. The summed E-state index contributed by atoms with van der Waals surface area (Å²) in [5.74, 6) is -0.727. The number of hydrogen-bond acceptors (Lipinski definition) is 5. The number of carbonyl (C=O) groups excluding carboxylic acids is 1. The van der Waals surface area contributed by atoms with E-state index in [-0.39, 0.29) is 18.0 Å². The molecule has 2 aromatic heterocycles. The summed E-state index contributed by atoms with van der Waals surface area (Å²) in [4.78, 5) is 24.3. The average Bonchev–Trinajstić information content (AvgIpc) is 3.20. The van der Waals surface area contributed by atoms with Crippen molar-refractivity contribution in [3.05, 3.63) is 84.2 Å². The van der Waals surface area contributed by atoms with Crippen molar-refractivity contribution in [2.45, 2.75) is 24.3 Å². The molecule has 0 spiro atoms. The summed E-state index contributed by atoms with van der Waals surface area (Å²) in [5.41, 5.74) is 0.764. The first-order chi connectivity index (χ1) is 15.1. The number of nitrogens with zero attached hydrogens (tertiary/aromatic N) is 3. The average molecular weight is 456 g/mol. The fourth-order valence-electron chi connectivity index (χ4n) is 3.04. The van der Waals surface area contributed by atoms with Gasteiger partial charge in [-0.25, -0.2) is 13.8 Å². The van der Waals surface area contributed by atoms with Crippen LogP contribution in [-0.4, -0.2) is 21.6 Å². The highest BCUT2D eigenvalue weighted by Gasteiger charge is 2.22. The molecule has 2 aromatic carbocycles. The van der Waals surface area contributed by atoms with Crippen LogP contribution in [0.5, 0.6) is 0 Å². The third-order valence-electron chi connectivity index (χ3n) is 4.53. The predicted molar refractivity (Wildman–Crippen MR) is 121 cm³/mol. The first-order valence-corrected chi connectivity index (χ1v) is 11.5. The molecule has 0 atom stereocenters. The van der Waals surface area contributed by atoms with Crippen molar-refractivity contribution < 1.29 is 13.6 Å². The van der Waals surface area contributed by atoms with E-state index in [0.717, 1.165) is 28.1 Å². The number of benzene rings is 2. The molecule has 158 valence electrons. The second-order valence-corrected chi connectivity index (χ2v) is 8.97. The number of halogens is 2. The van der Waals surface area contributed by atoms with E-state index in [0.29, 0.717) is 28.4 Å². The molecule has 2 heterocycles. The normalized spacial score (nSPS) is 11.0. The van der Waals surface area contributed by atoms with Crippen LogP contribution in [-0.2, 0) is 11.3 Å². The molecule has 0 N–H and O–H groups in total. The van der Waals surface area contributed by atoms with Gasteiger partial charge in [0.25, 0.3) is 0 Å². The SMILES string of the molecule is O=C(CCCSc1ccccc1)N(Cc1ccccn1)c1nc2c(F)cc(F)cc2s1. The Morgan fingerprint density at radius 3 is 2.65 bits per heavy atom. The van der Waals surface area contributed by atoms with Gasteiger partial charge in [-0.2, -0.15) is 0 Å². The third-order valence-corrected chi connectivity index (χ3v) is 6.65. The second kappa shape index (κ2) is 9.98. The second-order valence-electron chi connectivity index (χ2n) is 6.80. The minimum absolute atomic E-state index is 0.0693. The lowest BCUT2D eigenvalue weighted by molar-refractivity contribution is -0.118. The summed E-state index contributed by atoms with van der Waals surface area (Å²) in [5, 5.41) is 0.339. The Morgan fingerprint density at radius 2 is 1.87 bits per heavy atom. The number of fused-ring (bicyclic) bond motifs is 1. The number of thiazole rings is 1. The molecule has 0 aliphatic rings. The van der Waals surface area contributed by atoms with E-state index in [9.17, 15) is 13.6 Å². The zero-order chi connectivity index (χ0) is 21.6. The van der Waals surface area contributed by atoms with Crippen molar-refractivity contribution in [3.63, 3.8) is 0 Å². The van der Waals surface area contributed by atoms with Crippen LogP contribution in [0.25, 0.3) is 10.2 Å². The van der Waals surface area contributed by atoms with E-state index in [2.05, 4.69) is 9.97 Å². The number of carbonyl (C=O) groups is 1. The van der Waals surface area contributed by atoms with Gasteiger partial charge in [0.05, 0.1) is 16.9 Å². The van der Waals surface area contributed by atoms with E-state index in [1.165, 1.54) is 11.0 Å². The zero-order valence-corrected chi connectivity index (χ0v) is 18.1. The summed E-state index contributed by atoms with van der Waals surface area (Å²) in [6.45, 7) is 0.218. The molecular formula is C23H19F2N3OS2. The largest absolute Gasteiger partial charge is 0.282 e. The molecule has 0 aliphatic heterocycles. The Hall–Kier alpha value is -2.84. The number of aromatic nitrogens is 2. The molecule has 31 heavy (non-hydrogen) atoms. The number of pyridine rings is 1. The lowest BCUT2D eigenvalue weighted by Crippen LogP contribution is -2.30. The highest BCUT2D eigenvalue weighted by atomic mass is 32.2. The van der Waals surface area contributed by atoms with Gasteiger partial charge >= 0.3 is 0 Å². The lowest BCUT2D eigenvalue weighted by Gasteiger charge is -2.19. The Morgan fingerprint density at radius 1 is 1.06 bits per heavy atom. The molecule has 0 fully saturated rings. The number of thioether (sulfide) groups is 1. The first kappa shape index (κ1) is 21.4. The van der Waals surface area contributed by atoms with Gasteiger partial charge in [-0.05, 0) is 42.5 Å². The quantitative estimate of drug-likeness (QED) is 0.239. The number of hydrogen-bond donors (Lipinski definition) is 0. The third kappa shape index (κ3) is 5.45. The molecule has 0 saturated heterocycles. The van der Waals surface area contributed by atoms with Gasteiger partial charge < -0.3 is 0 Å². The highest BCUT2D eigenvalue weighted by molar-refractivity contribution is 7.99. The van der Waals surface area contributed by atoms with Crippen LogP contribution in [0.3, 0.4) is 0 Å². The molecule has 4 aromatic rings. The van der Waals surface area contributed by atoms with E-state index < -0.39 is 11.6 Å². The van der Waals surface area contributed by atoms with Crippen LogP contribution in [0.1, 0.15) is 18.5 Å². The van der Waals surface area contributed by atoms with Crippen molar-refractivity contribution in [2.75, 3.05) is 10.7 Å². The van der Waals surface area contributed by atoms with Gasteiger partial charge in [0.2, 0.25) is 5.91 Å². The summed E-state index contributed by atoms with van der Waals surface area (Å²) >= 11 is 2.79. The smallest absolute Gasteiger partial charge is 0.229 e. The molecule has 0 unspecified atom stereocenters. The van der Waals surface area contributed by atoms with Gasteiger partial charge in [-0.3, -0.25) is 14.7 Å². The van der Waals surface area contributed by atoms with Crippen LogP contribution < -0.4 is 4.90 Å². The number of rotatable bonds is 8. The summed E-state index contributed by atoms with van der Waals surface area (Å²) in [6, 6.07) is 17.5. The monoisotopic (exact) mass is 455 g/mol. The van der Waals surface area contributed by atoms with E-state index in [1.807, 2.05) is 42.5 Å². The number of amides is 1. The lowest BCUT2D eigenvalue weighted by atomic mass is 10.2. The van der Waals surface area contributed by atoms with Crippen LogP contribution in [0.15, 0.2) is 71.8 Å². The summed E-state index contributed by atoms with van der Waals surface area (Å²) in [7, 11) is 0. The maximum atomic E-state index is 14.1. The van der Waals surface area contributed by atoms with Crippen molar-refractivity contribution in [3.8, 4) is 0 Å². The Balaban J connectivity index is 1.51. The van der Waals surface area contributed by atoms with Crippen molar-refractivity contribution in [1.82, 2.24) is 9.97 Å². The van der Waals surface area contributed by atoms with Crippen LogP contribution in [0.4, 0.5) is 13.9 Å². The highest BCUT2D eigenvalue weighted by Crippen LogP contribution is 2.32. The van der Waals surface area contributed by atoms with Crippen molar-refractivity contribution >= 4 is 44.4 Å². The van der Waals surface area contributed by atoms with Gasteiger partial charge in [0.1, 0.15) is 11.3 Å². The molecule has 0 bridgehead atoms. The molecule has 4 nitrogen and oxygen atoms in total. The van der Waals surface area contributed by atoms with Crippen molar-refractivity contribution in [1.29, 1.82) is 0 Å². The minimum atomic E-state index is -0.734. The topological polar surface area (TPSA) is 46.1 Å². The van der Waals surface area contributed by atoms with E-state index in [1.54, 1.807) is 24.0 Å². The summed E-state index contributed by atoms with van der Waals surface area (Å²) in [6.07, 6.45) is 2.66. The Kier molecular flexibility index (Phi) is 6.89. The van der Waals surface area contributed by atoms with Gasteiger partial charge in [-0.1, -0.05) is 35.6 Å². The zero-order valence-electron chi connectivity index (χ0n) is 16.5. The first-order valence-electron chi connectivity index (χ1n) is 9.74. The fraction of sp³-hybridized carbons (Fsp3) is 0.174. The Labute approximate surface area is 187 Å². The Bertz CT molecular complexity index is 1170.